The highest BCUT2D eigenvalue weighted by molar-refractivity contribution is 7.91. The van der Waals surface area contributed by atoms with Gasteiger partial charge in [0.1, 0.15) is 0 Å². The van der Waals surface area contributed by atoms with E-state index in [1.807, 2.05) is 0 Å². The highest BCUT2D eigenvalue weighted by atomic mass is 32.2. The summed E-state index contributed by atoms with van der Waals surface area (Å²) in [6, 6.07) is 8.50. The number of nitrogens with one attached hydrogen (secondary N) is 1. The number of nitrogens with zero attached hydrogens (tertiary/aromatic N) is 2. The van der Waals surface area contributed by atoms with Crippen LogP contribution in [0.25, 0.3) is 0 Å². The summed E-state index contributed by atoms with van der Waals surface area (Å²) < 4.78 is 22.9. The molecule has 6 nitrogen and oxygen atoms in total. The number of sulfone groups is 1. The smallest absolute Gasteiger partial charge is 0.153 e. The van der Waals surface area contributed by atoms with Gasteiger partial charge in [0, 0.05) is 50.6 Å². The third-order valence-electron chi connectivity index (χ3n) is 4.04. The van der Waals surface area contributed by atoms with Crippen LogP contribution in [-0.4, -0.2) is 64.7 Å². The Morgan fingerprint density at radius 1 is 0.810 bits per heavy atom. The fraction of sp³-hybridized carbons (Fsp3) is 0.571. The maximum atomic E-state index is 11.4. The largest absolute Gasteiger partial charge is 0.412 e. The Kier molecular flexibility index (Phi) is 5.08. The van der Waals surface area contributed by atoms with Crippen molar-refractivity contribution in [1.29, 1.82) is 0 Å². The van der Waals surface area contributed by atoms with Gasteiger partial charge in [-0.2, -0.15) is 0 Å². The maximum Gasteiger partial charge on any atom is 0.153 e. The summed E-state index contributed by atoms with van der Waals surface area (Å²) in [5, 5.41) is 3.35. The van der Waals surface area contributed by atoms with Crippen molar-refractivity contribution in [3.05, 3.63) is 24.3 Å². The monoisotopic (exact) mass is 313 g/mol. The summed E-state index contributed by atoms with van der Waals surface area (Å²) >= 11 is 0. The Morgan fingerprint density at radius 3 is 1.71 bits per heavy atom. The predicted molar refractivity (Wildman–Crippen MR) is 86.0 cm³/mol. The van der Waals surface area contributed by atoms with Gasteiger partial charge >= 0.3 is 0 Å². The second-order valence-electron chi connectivity index (χ2n) is 5.39. The number of rotatable bonds is 2. The minimum atomic E-state index is -2.81. The van der Waals surface area contributed by atoms with Gasteiger partial charge in [-0.15, -0.1) is 0 Å². The summed E-state index contributed by atoms with van der Waals surface area (Å²) in [5.41, 5.74) is 2.37. The molecule has 0 radical (unpaired) electrons. The zero-order valence-corrected chi connectivity index (χ0v) is 12.9. The lowest BCUT2D eigenvalue weighted by atomic mass is 10.2. The van der Waals surface area contributed by atoms with Gasteiger partial charge in [0.25, 0.3) is 0 Å². The number of piperazine rings is 1. The molecule has 2 saturated heterocycles. The molecule has 0 atom stereocenters. The van der Waals surface area contributed by atoms with E-state index in [-0.39, 0.29) is 17.0 Å². The van der Waals surface area contributed by atoms with Gasteiger partial charge in [0.15, 0.2) is 9.84 Å². The van der Waals surface area contributed by atoms with Gasteiger partial charge in [0.05, 0.1) is 11.5 Å². The van der Waals surface area contributed by atoms with Crippen molar-refractivity contribution in [2.75, 3.05) is 60.6 Å². The van der Waals surface area contributed by atoms with Gasteiger partial charge < -0.3 is 20.6 Å². The third kappa shape index (κ3) is 3.87. The first kappa shape index (κ1) is 16.1. The molecule has 2 fully saturated rings. The molecule has 118 valence electrons. The fourth-order valence-corrected chi connectivity index (χ4v) is 3.97. The molecular weight excluding hydrogens is 290 g/mol. The van der Waals surface area contributed by atoms with Gasteiger partial charge in [-0.05, 0) is 24.3 Å². The lowest BCUT2D eigenvalue weighted by molar-refractivity contribution is 0.586. The molecule has 1 aromatic rings. The molecule has 0 aliphatic carbocycles. The summed E-state index contributed by atoms with van der Waals surface area (Å²) in [7, 11) is -2.81. The summed E-state index contributed by atoms with van der Waals surface area (Å²) in [4.78, 5) is 4.53. The number of hydrogen-bond donors (Lipinski definition) is 1. The van der Waals surface area contributed by atoms with Crippen molar-refractivity contribution in [1.82, 2.24) is 5.32 Å². The van der Waals surface area contributed by atoms with Crippen molar-refractivity contribution in [3.8, 4) is 0 Å². The van der Waals surface area contributed by atoms with Gasteiger partial charge in [-0.1, -0.05) is 0 Å². The van der Waals surface area contributed by atoms with E-state index >= 15 is 0 Å². The van der Waals surface area contributed by atoms with Crippen LogP contribution in [0.5, 0.6) is 0 Å². The van der Waals surface area contributed by atoms with Crippen LogP contribution in [0.15, 0.2) is 24.3 Å². The van der Waals surface area contributed by atoms with E-state index in [0.29, 0.717) is 13.1 Å². The Bertz CT molecular complexity index is 539. The van der Waals surface area contributed by atoms with E-state index in [0.717, 1.165) is 31.9 Å². The quantitative estimate of drug-likeness (QED) is 0.796. The van der Waals surface area contributed by atoms with Crippen LogP contribution in [-0.2, 0) is 9.84 Å². The normalized spacial score (nSPS) is 21.7. The molecule has 0 aromatic heterocycles. The lowest BCUT2D eigenvalue weighted by Gasteiger charge is -2.31. The zero-order valence-electron chi connectivity index (χ0n) is 12.1. The topological polar surface area (TPSA) is 84.1 Å². The fourth-order valence-electron chi connectivity index (χ4n) is 2.77. The van der Waals surface area contributed by atoms with Crippen molar-refractivity contribution in [3.63, 3.8) is 0 Å². The molecule has 3 rings (SSSR count). The summed E-state index contributed by atoms with van der Waals surface area (Å²) in [6.07, 6.45) is 0. The van der Waals surface area contributed by atoms with Crippen LogP contribution in [0.4, 0.5) is 11.4 Å². The van der Waals surface area contributed by atoms with E-state index in [1.54, 1.807) is 0 Å². The average Bonchev–Trinajstić information content (AvgIpc) is 2.48. The van der Waals surface area contributed by atoms with E-state index in [4.69, 9.17) is 0 Å². The van der Waals surface area contributed by atoms with Crippen LogP contribution in [0.2, 0.25) is 0 Å². The third-order valence-corrected chi connectivity index (χ3v) is 5.65. The van der Waals surface area contributed by atoms with Crippen LogP contribution >= 0.6 is 0 Å². The molecular formula is C14H23N3O3S. The second kappa shape index (κ2) is 6.64. The van der Waals surface area contributed by atoms with Crippen LogP contribution in [0.1, 0.15) is 0 Å². The van der Waals surface area contributed by atoms with Crippen molar-refractivity contribution in [2.24, 2.45) is 0 Å². The Labute approximate surface area is 126 Å². The van der Waals surface area contributed by atoms with Crippen molar-refractivity contribution >= 4 is 21.2 Å². The van der Waals surface area contributed by atoms with E-state index in [2.05, 4.69) is 39.4 Å². The van der Waals surface area contributed by atoms with Gasteiger partial charge in [-0.3, -0.25) is 0 Å². The number of benzene rings is 1. The van der Waals surface area contributed by atoms with E-state index in [1.165, 1.54) is 5.69 Å². The number of anilines is 2. The van der Waals surface area contributed by atoms with Crippen LogP contribution in [0, 0.1) is 0 Å². The van der Waals surface area contributed by atoms with Crippen LogP contribution < -0.4 is 15.1 Å². The summed E-state index contributed by atoms with van der Waals surface area (Å²) in [6.45, 7) is 5.37. The first-order valence-corrected chi connectivity index (χ1v) is 8.97. The standard InChI is InChI=1S/C14H21N3O2S.H2O/c18-20(19)11-9-17(10-12-20)14-3-1-13(2-4-14)16-7-5-15-6-8-16;/h1-4,15H,5-12H2;1H2. The highest BCUT2D eigenvalue weighted by Crippen LogP contribution is 2.22. The highest BCUT2D eigenvalue weighted by Gasteiger charge is 2.21. The molecule has 0 amide bonds. The molecule has 2 heterocycles. The minimum absolute atomic E-state index is 0. The van der Waals surface area contributed by atoms with Gasteiger partial charge in [-0.25, -0.2) is 8.42 Å². The van der Waals surface area contributed by atoms with E-state index in [9.17, 15) is 8.42 Å². The summed E-state index contributed by atoms with van der Waals surface area (Å²) in [5.74, 6) is 0.541. The average molecular weight is 313 g/mol. The Balaban J connectivity index is 0.00000161. The molecule has 1 aromatic carbocycles. The first-order chi connectivity index (χ1) is 9.64. The van der Waals surface area contributed by atoms with Crippen molar-refractivity contribution < 1.29 is 13.9 Å². The molecule has 0 bridgehead atoms. The molecule has 0 saturated carbocycles. The number of hydrogen-bond acceptors (Lipinski definition) is 5. The maximum absolute atomic E-state index is 11.4. The lowest BCUT2D eigenvalue weighted by Crippen LogP contribution is -2.43. The molecule has 21 heavy (non-hydrogen) atoms. The predicted octanol–water partition coefficient (Wildman–Crippen LogP) is -0.494. The van der Waals surface area contributed by atoms with Gasteiger partial charge in [0.2, 0.25) is 0 Å². The first-order valence-electron chi connectivity index (χ1n) is 7.15. The molecule has 7 heteroatoms. The molecule has 3 N–H and O–H groups in total. The molecule has 0 spiro atoms. The zero-order chi connectivity index (χ0) is 14.0. The molecule has 2 aliphatic rings. The SMILES string of the molecule is O.O=S1(=O)CCN(c2ccc(N3CCNCC3)cc2)CC1. The Hall–Kier alpha value is -1.31. The minimum Gasteiger partial charge on any atom is -0.412 e. The molecule has 0 unspecified atom stereocenters. The molecule has 2 aliphatic heterocycles. The van der Waals surface area contributed by atoms with E-state index < -0.39 is 9.84 Å². The second-order valence-corrected chi connectivity index (χ2v) is 7.70. The van der Waals surface area contributed by atoms with Crippen LogP contribution in [0.3, 0.4) is 0 Å². The Morgan fingerprint density at radius 2 is 1.24 bits per heavy atom. The van der Waals surface area contributed by atoms with Crippen molar-refractivity contribution in [2.45, 2.75) is 0 Å².